The van der Waals surface area contributed by atoms with Gasteiger partial charge in [-0.25, -0.2) is 0 Å². The number of rotatable bonds is 1. The van der Waals surface area contributed by atoms with E-state index in [0.29, 0.717) is 0 Å². The zero-order valence-corrected chi connectivity index (χ0v) is 6.55. The summed E-state index contributed by atoms with van der Waals surface area (Å²) in [5.41, 5.74) is -4.67. The van der Waals surface area contributed by atoms with Gasteiger partial charge in [0.05, 0.1) is 9.52 Å². The van der Waals surface area contributed by atoms with Crippen LogP contribution in [0.5, 0.6) is 0 Å². The van der Waals surface area contributed by atoms with Crippen molar-refractivity contribution < 1.29 is 17.4 Å². The Morgan fingerprint density at radius 3 is 1.70 bits per heavy atom. The van der Waals surface area contributed by atoms with Crippen molar-refractivity contribution in [3.63, 3.8) is 0 Å². The fourth-order valence-corrected chi connectivity index (χ4v) is 0.802. The minimum Gasteiger partial charge on any atom is -0.259 e. The average molecular weight is 174 g/mol. The first-order valence-electron chi connectivity index (χ1n) is 2.62. The van der Waals surface area contributed by atoms with Crippen LogP contribution in [0.25, 0.3) is 0 Å². The molecule has 0 N–H and O–H groups in total. The lowest BCUT2D eigenvalue weighted by Gasteiger charge is -2.15. The number of halogens is 3. The van der Waals surface area contributed by atoms with Crippen LogP contribution in [-0.4, -0.2) is 20.8 Å². The summed E-state index contributed by atoms with van der Waals surface area (Å²) >= 11 is 0. The van der Waals surface area contributed by atoms with Crippen molar-refractivity contribution >= 4 is 15.4 Å². The van der Waals surface area contributed by atoms with E-state index in [0.717, 1.165) is 0 Å². The molecule has 0 saturated carbocycles. The first-order chi connectivity index (χ1) is 4.19. The molecule has 0 aliphatic rings. The van der Waals surface area contributed by atoms with E-state index in [1.807, 2.05) is 0 Å². The average Bonchev–Trinajstić information content (AvgIpc) is 1.62. The van der Waals surface area contributed by atoms with Crippen LogP contribution in [-0.2, 0) is 9.52 Å². The lowest BCUT2D eigenvalue weighted by Crippen LogP contribution is -2.30. The monoisotopic (exact) mass is 174 g/mol. The molecule has 0 aliphatic carbocycles. The summed E-state index contributed by atoms with van der Waals surface area (Å²) in [5.74, 6) is 2.64. The van der Waals surface area contributed by atoms with Crippen LogP contribution in [0.2, 0.25) is 0 Å². The van der Waals surface area contributed by atoms with Gasteiger partial charge in [-0.15, -0.1) is 0 Å². The summed E-state index contributed by atoms with van der Waals surface area (Å²) in [4.78, 5) is 0. The van der Waals surface area contributed by atoms with Gasteiger partial charge >= 0.3 is 5.51 Å². The molecule has 1 unspecified atom stereocenters. The van der Waals surface area contributed by atoms with Crippen molar-refractivity contribution in [2.45, 2.75) is 24.6 Å². The van der Waals surface area contributed by atoms with Crippen LogP contribution in [0.4, 0.5) is 13.2 Å². The van der Waals surface area contributed by atoms with E-state index in [4.69, 9.17) is 0 Å². The molecule has 10 heavy (non-hydrogen) atoms. The molecule has 0 aliphatic heterocycles. The van der Waals surface area contributed by atoms with E-state index in [1.54, 1.807) is 0 Å². The Kier molecular flexibility index (Phi) is 2.40. The van der Waals surface area contributed by atoms with E-state index in [-0.39, 0.29) is 0 Å². The van der Waals surface area contributed by atoms with Crippen LogP contribution < -0.4 is 0 Å². The van der Waals surface area contributed by atoms with E-state index in [1.165, 1.54) is 13.8 Å². The quantitative estimate of drug-likeness (QED) is 0.552. The molecule has 0 spiro atoms. The highest BCUT2D eigenvalue weighted by molar-refractivity contribution is 8.01. The molecule has 0 aromatic heterocycles. The van der Waals surface area contributed by atoms with Gasteiger partial charge in [-0.05, 0) is 5.87 Å². The number of alkyl halides is 3. The van der Waals surface area contributed by atoms with Crippen molar-refractivity contribution in [1.29, 1.82) is 0 Å². The Bertz CT molecular complexity index is 199. The van der Waals surface area contributed by atoms with E-state index in [2.05, 4.69) is 5.87 Å². The SMILES string of the molecule is C=S(=O)(C(C)C)C(F)(F)F. The van der Waals surface area contributed by atoms with Crippen molar-refractivity contribution in [3.05, 3.63) is 0 Å². The van der Waals surface area contributed by atoms with Crippen molar-refractivity contribution in [2.24, 2.45) is 0 Å². The van der Waals surface area contributed by atoms with Crippen molar-refractivity contribution in [2.75, 3.05) is 0 Å². The van der Waals surface area contributed by atoms with Crippen molar-refractivity contribution in [3.8, 4) is 0 Å². The molecule has 0 heterocycles. The maximum absolute atomic E-state index is 11.7. The Labute approximate surface area is 58.2 Å². The predicted octanol–water partition coefficient (Wildman–Crippen LogP) is 1.63. The highest BCUT2D eigenvalue weighted by Gasteiger charge is 2.41. The molecule has 1 nitrogen and oxygen atoms in total. The van der Waals surface area contributed by atoms with Crippen LogP contribution in [0.15, 0.2) is 0 Å². The highest BCUT2D eigenvalue weighted by atomic mass is 32.2. The van der Waals surface area contributed by atoms with E-state index < -0.39 is 20.3 Å². The summed E-state index contributed by atoms with van der Waals surface area (Å²) in [5, 5.41) is -0.951. The molecule has 0 rings (SSSR count). The first-order valence-corrected chi connectivity index (χ1v) is 4.41. The fraction of sp³-hybridized carbons (Fsp3) is 0.800. The molecule has 0 aromatic rings. The van der Waals surface area contributed by atoms with E-state index in [9.17, 15) is 17.4 Å². The third-order valence-corrected chi connectivity index (χ3v) is 3.46. The molecule has 5 heteroatoms. The molecular formula is C5H9F3OS. The van der Waals surface area contributed by atoms with Crippen LogP contribution in [0, 0.1) is 0 Å². The Balaban J connectivity index is 4.79. The Morgan fingerprint density at radius 1 is 1.40 bits per heavy atom. The molecule has 0 amide bonds. The van der Waals surface area contributed by atoms with Gasteiger partial charge in [0.2, 0.25) is 0 Å². The summed E-state index contributed by atoms with van der Waals surface area (Å²) in [7, 11) is -3.91. The normalized spacial score (nSPS) is 19.0. The fourth-order valence-electron chi connectivity index (χ4n) is 0.267. The van der Waals surface area contributed by atoms with Gasteiger partial charge in [-0.3, -0.25) is 4.21 Å². The van der Waals surface area contributed by atoms with Crippen molar-refractivity contribution in [1.82, 2.24) is 0 Å². The zero-order valence-electron chi connectivity index (χ0n) is 5.73. The summed E-state index contributed by atoms with van der Waals surface area (Å²) in [6.45, 7) is 2.48. The highest BCUT2D eigenvalue weighted by Crippen LogP contribution is 2.26. The van der Waals surface area contributed by atoms with Gasteiger partial charge in [0, 0.05) is 5.25 Å². The van der Waals surface area contributed by atoms with Gasteiger partial charge < -0.3 is 0 Å². The second kappa shape index (κ2) is 2.45. The maximum atomic E-state index is 11.7. The molecule has 0 aromatic carbocycles. The van der Waals surface area contributed by atoms with Crippen LogP contribution in [0.3, 0.4) is 0 Å². The standard InChI is InChI=1S/C5H9F3OS/c1-4(2)10(3,9)5(6,7)8/h4H,3H2,1-2H3. The zero-order chi connectivity index (χ0) is 8.58. The first kappa shape index (κ1) is 9.81. The van der Waals surface area contributed by atoms with Gasteiger partial charge in [0.25, 0.3) is 0 Å². The lowest BCUT2D eigenvalue weighted by atomic mass is 10.6. The smallest absolute Gasteiger partial charge is 0.259 e. The Hall–Kier alpha value is -0.190. The molecule has 0 fully saturated rings. The maximum Gasteiger partial charge on any atom is 0.463 e. The topological polar surface area (TPSA) is 17.1 Å². The summed E-state index contributed by atoms with van der Waals surface area (Å²) in [6, 6.07) is 0. The molecule has 0 saturated heterocycles. The minimum absolute atomic E-state index is 0.951. The predicted molar refractivity (Wildman–Crippen MR) is 36.5 cm³/mol. The lowest BCUT2D eigenvalue weighted by molar-refractivity contribution is -0.0397. The van der Waals surface area contributed by atoms with Crippen LogP contribution >= 0.6 is 0 Å². The van der Waals surface area contributed by atoms with Gasteiger partial charge in [0.1, 0.15) is 0 Å². The third-order valence-electron chi connectivity index (χ3n) is 1.15. The minimum atomic E-state index is -4.67. The third kappa shape index (κ3) is 1.65. The molecule has 0 bridgehead atoms. The number of hydrogen-bond acceptors (Lipinski definition) is 1. The van der Waals surface area contributed by atoms with Crippen LogP contribution in [0.1, 0.15) is 13.8 Å². The summed E-state index contributed by atoms with van der Waals surface area (Å²) < 4.78 is 45.9. The molecular weight excluding hydrogens is 165 g/mol. The largest absolute Gasteiger partial charge is 0.463 e. The van der Waals surface area contributed by atoms with Gasteiger partial charge in [-0.1, -0.05) is 13.8 Å². The number of hydrogen-bond donors (Lipinski definition) is 0. The molecule has 62 valence electrons. The second-order valence-corrected chi connectivity index (χ2v) is 5.08. The van der Waals surface area contributed by atoms with Gasteiger partial charge in [0.15, 0.2) is 0 Å². The Morgan fingerprint density at radius 2 is 1.70 bits per heavy atom. The second-order valence-electron chi connectivity index (χ2n) is 2.22. The molecule has 1 atom stereocenters. The van der Waals surface area contributed by atoms with Gasteiger partial charge in [-0.2, -0.15) is 13.2 Å². The molecule has 0 radical (unpaired) electrons. The summed E-state index contributed by atoms with van der Waals surface area (Å²) in [6.07, 6.45) is 0. The van der Waals surface area contributed by atoms with E-state index >= 15 is 0 Å².